The molecule has 1 amide bonds. The number of nitrogens with zero attached hydrogens (tertiary/aromatic N) is 1. The molecule has 0 saturated carbocycles. The second-order valence-corrected chi connectivity index (χ2v) is 7.80. The Morgan fingerprint density at radius 3 is 2.38 bits per heavy atom. The van der Waals surface area contributed by atoms with Gasteiger partial charge in [-0.05, 0) is 54.3 Å². The summed E-state index contributed by atoms with van der Waals surface area (Å²) in [6.45, 7) is 2.56. The predicted octanol–water partition coefficient (Wildman–Crippen LogP) is 6.18. The van der Waals surface area contributed by atoms with Gasteiger partial charge in [-0.15, -0.1) is 13.2 Å². The molecule has 0 atom stereocenters. The van der Waals surface area contributed by atoms with Gasteiger partial charge in [0, 0.05) is 28.4 Å². The van der Waals surface area contributed by atoms with E-state index in [-0.39, 0.29) is 5.75 Å². The molecule has 1 heterocycles. The standard InChI is InChI=1S/C25H23F3N2O2/c1-2-3-5-16-10-13-19-22(14-16)30(21-7-4-6-20(23(19)21)24(29)31)15-17-8-11-18(12-9-17)32-25(26,27)28/h4,6-14H,2-3,5,15H2,1H3,(H2,29,31). The Bertz CT molecular complexity index is 1270. The maximum Gasteiger partial charge on any atom is 0.573 e. The zero-order valence-corrected chi connectivity index (χ0v) is 17.6. The van der Waals surface area contributed by atoms with Crippen LogP contribution in [0, 0.1) is 0 Å². The summed E-state index contributed by atoms with van der Waals surface area (Å²) in [5, 5.41) is 1.71. The van der Waals surface area contributed by atoms with Gasteiger partial charge in [-0.3, -0.25) is 4.79 Å². The Morgan fingerprint density at radius 1 is 1.00 bits per heavy atom. The molecule has 0 spiro atoms. The summed E-state index contributed by atoms with van der Waals surface area (Å²) in [7, 11) is 0. The normalized spacial score (nSPS) is 11.9. The number of amides is 1. The molecule has 0 aliphatic heterocycles. The predicted molar refractivity (Wildman–Crippen MR) is 119 cm³/mol. The zero-order chi connectivity index (χ0) is 22.9. The summed E-state index contributed by atoms with van der Waals surface area (Å²) < 4.78 is 43.4. The SMILES string of the molecule is CCCCc1ccc2c3c(C(N)=O)cccc3n(Cc3ccc(OC(F)(F)F)cc3)c2c1. The molecule has 4 nitrogen and oxygen atoms in total. The number of carbonyl (C=O) groups excluding carboxylic acids is 1. The smallest absolute Gasteiger partial charge is 0.406 e. The number of ether oxygens (including phenoxy) is 1. The van der Waals surface area contributed by atoms with Crippen LogP contribution < -0.4 is 10.5 Å². The molecule has 0 aliphatic rings. The quantitative estimate of drug-likeness (QED) is 0.373. The van der Waals surface area contributed by atoms with Crippen LogP contribution in [0.4, 0.5) is 13.2 Å². The van der Waals surface area contributed by atoms with Crippen LogP contribution in [0.1, 0.15) is 41.3 Å². The highest BCUT2D eigenvalue weighted by molar-refractivity contribution is 6.18. The zero-order valence-electron chi connectivity index (χ0n) is 17.6. The minimum Gasteiger partial charge on any atom is -0.406 e. The second-order valence-electron chi connectivity index (χ2n) is 7.80. The highest BCUT2D eigenvalue weighted by atomic mass is 19.4. The number of rotatable bonds is 7. The van der Waals surface area contributed by atoms with Crippen LogP contribution in [-0.4, -0.2) is 16.8 Å². The fraction of sp³-hybridized carbons (Fsp3) is 0.240. The van der Waals surface area contributed by atoms with Crippen molar-refractivity contribution in [2.45, 2.75) is 39.1 Å². The molecular weight excluding hydrogens is 417 g/mol. The van der Waals surface area contributed by atoms with E-state index in [9.17, 15) is 18.0 Å². The molecule has 0 radical (unpaired) electrons. The molecule has 0 bridgehead atoms. The van der Waals surface area contributed by atoms with Crippen molar-refractivity contribution in [1.82, 2.24) is 4.57 Å². The van der Waals surface area contributed by atoms with Crippen molar-refractivity contribution in [2.24, 2.45) is 5.73 Å². The van der Waals surface area contributed by atoms with Crippen LogP contribution in [0.3, 0.4) is 0 Å². The van der Waals surface area contributed by atoms with E-state index in [4.69, 9.17) is 5.73 Å². The Labute approximate surface area is 183 Å². The third-order valence-corrected chi connectivity index (χ3v) is 5.54. The Hall–Kier alpha value is -3.48. The minimum atomic E-state index is -4.73. The van der Waals surface area contributed by atoms with Gasteiger partial charge >= 0.3 is 6.36 Å². The minimum absolute atomic E-state index is 0.263. The average molecular weight is 440 g/mol. The summed E-state index contributed by atoms with van der Waals surface area (Å²) in [5.74, 6) is -0.764. The lowest BCUT2D eigenvalue weighted by Crippen LogP contribution is -2.17. The van der Waals surface area contributed by atoms with Gasteiger partial charge in [-0.25, -0.2) is 0 Å². The van der Waals surface area contributed by atoms with Gasteiger partial charge < -0.3 is 15.0 Å². The first-order valence-corrected chi connectivity index (χ1v) is 10.4. The van der Waals surface area contributed by atoms with E-state index >= 15 is 0 Å². The fourth-order valence-corrected chi connectivity index (χ4v) is 4.08. The lowest BCUT2D eigenvalue weighted by Gasteiger charge is -2.11. The van der Waals surface area contributed by atoms with Crippen LogP contribution in [0.25, 0.3) is 21.8 Å². The van der Waals surface area contributed by atoms with E-state index in [2.05, 4.69) is 28.4 Å². The largest absolute Gasteiger partial charge is 0.573 e. The van der Waals surface area contributed by atoms with Crippen molar-refractivity contribution in [3.8, 4) is 5.75 Å². The molecule has 166 valence electrons. The second kappa shape index (κ2) is 8.57. The third-order valence-electron chi connectivity index (χ3n) is 5.54. The van der Waals surface area contributed by atoms with Gasteiger partial charge in [0.2, 0.25) is 5.91 Å². The number of benzene rings is 3. The highest BCUT2D eigenvalue weighted by Crippen LogP contribution is 2.33. The number of primary amides is 1. The summed E-state index contributed by atoms with van der Waals surface area (Å²) in [6.07, 6.45) is -1.63. The van der Waals surface area contributed by atoms with E-state index < -0.39 is 12.3 Å². The number of hydrogen-bond acceptors (Lipinski definition) is 2. The lowest BCUT2D eigenvalue weighted by atomic mass is 10.0. The molecule has 0 unspecified atom stereocenters. The summed E-state index contributed by atoms with van der Waals surface area (Å²) in [6, 6.07) is 17.5. The first-order chi connectivity index (χ1) is 15.3. The first kappa shape index (κ1) is 21.7. The van der Waals surface area contributed by atoms with Crippen molar-refractivity contribution in [3.63, 3.8) is 0 Å². The average Bonchev–Trinajstić information content (AvgIpc) is 3.05. The van der Waals surface area contributed by atoms with Gasteiger partial charge in [0.15, 0.2) is 0 Å². The molecule has 0 fully saturated rings. The molecule has 0 saturated heterocycles. The molecule has 7 heteroatoms. The van der Waals surface area contributed by atoms with E-state index in [0.29, 0.717) is 12.1 Å². The monoisotopic (exact) mass is 440 g/mol. The molecule has 4 rings (SSSR count). The van der Waals surface area contributed by atoms with E-state index in [1.165, 1.54) is 17.7 Å². The number of alkyl halides is 3. The Morgan fingerprint density at radius 2 is 1.72 bits per heavy atom. The third kappa shape index (κ3) is 4.42. The van der Waals surface area contributed by atoms with Gasteiger partial charge in [-0.1, -0.05) is 43.7 Å². The summed E-state index contributed by atoms with van der Waals surface area (Å²) in [4.78, 5) is 12.1. The topological polar surface area (TPSA) is 57.2 Å². The number of halogens is 3. The summed E-state index contributed by atoms with van der Waals surface area (Å²) in [5.41, 5.74) is 9.89. The van der Waals surface area contributed by atoms with Crippen LogP contribution in [-0.2, 0) is 13.0 Å². The Kier molecular flexibility index (Phi) is 5.82. The fourth-order valence-electron chi connectivity index (χ4n) is 4.08. The van der Waals surface area contributed by atoms with E-state index in [1.54, 1.807) is 24.3 Å². The number of nitrogens with two attached hydrogens (primary N) is 1. The van der Waals surface area contributed by atoms with Crippen molar-refractivity contribution in [2.75, 3.05) is 0 Å². The number of aromatic nitrogens is 1. The van der Waals surface area contributed by atoms with Gasteiger partial charge in [-0.2, -0.15) is 0 Å². The van der Waals surface area contributed by atoms with Gasteiger partial charge in [0.1, 0.15) is 5.75 Å². The van der Waals surface area contributed by atoms with Crippen molar-refractivity contribution < 1.29 is 22.7 Å². The number of unbranched alkanes of at least 4 members (excludes halogenated alkanes) is 1. The molecule has 32 heavy (non-hydrogen) atoms. The maximum atomic E-state index is 12.5. The number of hydrogen-bond donors (Lipinski definition) is 1. The molecular formula is C25H23F3N2O2. The lowest BCUT2D eigenvalue weighted by molar-refractivity contribution is -0.274. The highest BCUT2D eigenvalue weighted by Gasteiger charge is 2.31. The van der Waals surface area contributed by atoms with Crippen molar-refractivity contribution in [3.05, 3.63) is 77.4 Å². The van der Waals surface area contributed by atoms with Crippen LogP contribution in [0.2, 0.25) is 0 Å². The maximum absolute atomic E-state index is 12.5. The molecule has 3 aromatic carbocycles. The van der Waals surface area contributed by atoms with Gasteiger partial charge in [0.05, 0.1) is 5.52 Å². The Balaban J connectivity index is 1.82. The van der Waals surface area contributed by atoms with Crippen LogP contribution >= 0.6 is 0 Å². The molecule has 1 aromatic heterocycles. The van der Waals surface area contributed by atoms with E-state index in [1.807, 2.05) is 12.1 Å². The van der Waals surface area contributed by atoms with Gasteiger partial charge in [0.25, 0.3) is 0 Å². The first-order valence-electron chi connectivity index (χ1n) is 10.4. The molecule has 0 aliphatic carbocycles. The van der Waals surface area contributed by atoms with Crippen molar-refractivity contribution >= 4 is 27.7 Å². The summed E-state index contributed by atoms with van der Waals surface area (Å²) >= 11 is 0. The van der Waals surface area contributed by atoms with E-state index in [0.717, 1.165) is 46.6 Å². The molecule has 2 N–H and O–H groups in total. The molecule has 4 aromatic rings. The van der Waals surface area contributed by atoms with Crippen molar-refractivity contribution in [1.29, 1.82) is 0 Å². The van der Waals surface area contributed by atoms with Crippen LogP contribution in [0.5, 0.6) is 5.75 Å². The number of aryl methyl sites for hydroxylation is 1. The van der Waals surface area contributed by atoms with Crippen LogP contribution in [0.15, 0.2) is 60.7 Å². The number of fused-ring (bicyclic) bond motifs is 3. The number of carbonyl (C=O) groups is 1.